The van der Waals surface area contributed by atoms with Crippen molar-refractivity contribution in [3.05, 3.63) is 23.7 Å². The molecule has 1 unspecified atom stereocenters. The van der Waals surface area contributed by atoms with Gasteiger partial charge in [-0.2, -0.15) is 0 Å². The highest BCUT2D eigenvalue weighted by Crippen LogP contribution is 2.10. The van der Waals surface area contributed by atoms with Gasteiger partial charge in [-0.3, -0.25) is 0 Å². The minimum atomic E-state index is -0.0530. The van der Waals surface area contributed by atoms with Crippen molar-refractivity contribution in [3.8, 4) is 0 Å². The third-order valence-corrected chi connectivity index (χ3v) is 1.72. The highest BCUT2D eigenvalue weighted by atomic mass is 16.3. The third-order valence-electron chi connectivity index (χ3n) is 1.72. The van der Waals surface area contributed by atoms with Gasteiger partial charge in [-0.1, -0.05) is 13.8 Å². The molecule has 76 valence electrons. The van der Waals surface area contributed by atoms with E-state index in [1.807, 2.05) is 13.8 Å². The molecule has 0 saturated heterocycles. The first-order valence-corrected chi connectivity index (χ1v) is 4.62. The molecule has 4 N–H and O–H groups in total. The zero-order valence-electron chi connectivity index (χ0n) is 8.33. The fraction of sp³-hybridized carbons (Fsp3) is 0.600. The fourth-order valence-corrected chi connectivity index (χ4v) is 0.999. The fourth-order valence-electron chi connectivity index (χ4n) is 0.999. The summed E-state index contributed by atoms with van der Waals surface area (Å²) in [5, 5.41) is 18.6. The van der Waals surface area contributed by atoms with Crippen molar-refractivity contribution in [3.63, 3.8) is 0 Å². The minimum absolute atomic E-state index is 0.0497. The third kappa shape index (κ3) is 5.31. The largest absolute Gasteiger partial charge is 0.504 e. The number of aliphatic hydroxyl groups excluding tert-OH is 2. The van der Waals surface area contributed by atoms with Gasteiger partial charge in [-0.05, 0) is 37.5 Å². The zero-order chi connectivity index (χ0) is 10.3. The van der Waals surface area contributed by atoms with Crippen molar-refractivity contribution in [1.29, 1.82) is 0 Å². The van der Waals surface area contributed by atoms with Crippen LogP contribution in [-0.2, 0) is 0 Å². The van der Waals surface area contributed by atoms with Gasteiger partial charge in [0.1, 0.15) is 0 Å². The Morgan fingerprint density at radius 2 is 2.00 bits per heavy atom. The van der Waals surface area contributed by atoms with Crippen LogP contribution in [-0.4, -0.2) is 16.8 Å². The first-order valence-electron chi connectivity index (χ1n) is 4.62. The predicted octanol–water partition coefficient (Wildman–Crippen LogP) is 2.27. The Morgan fingerprint density at radius 1 is 1.38 bits per heavy atom. The molecular formula is C10H19NO2. The monoisotopic (exact) mass is 185 g/mol. The van der Waals surface area contributed by atoms with E-state index in [-0.39, 0.29) is 17.4 Å². The number of rotatable bonds is 5. The van der Waals surface area contributed by atoms with Crippen LogP contribution in [0.15, 0.2) is 23.7 Å². The number of nitrogens with two attached hydrogens (primary N) is 1. The lowest BCUT2D eigenvalue weighted by molar-refractivity contribution is 0.320. The van der Waals surface area contributed by atoms with E-state index in [4.69, 9.17) is 5.73 Å². The molecule has 1 atom stereocenters. The van der Waals surface area contributed by atoms with Gasteiger partial charge in [-0.15, -0.1) is 0 Å². The van der Waals surface area contributed by atoms with Gasteiger partial charge >= 0.3 is 0 Å². The van der Waals surface area contributed by atoms with E-state index in [9.17, 15) is 10.2 Å². The number of hydrogen-bond acceptors (Lipinski definition) is 3. The molecule has 0 saturated carbocycles. The molecule has 13 heavy (non-hydrogen) atoms. The molecule has 0 aliphatic rings. The molecule has 0 amide bonds. The van der Waals surface area contributed by atoms with Crippen LogP contribution in [0.2, 0.25) is 0 Å². The van der Waals surface area contributed by atoms with E-state index in [2.05, 4.69) is 0 Å². The number of aliphatic hydroxyl groups is 2. The topological polar surface area (TPSA) is 66.5 Å². The van der Waals surface area contributed by atoms with Crippen LogP contribution in [0, 0.1) is 5.92 Å². The summed E-state index contributed by atoms with van der Waals surface area (Å²) in [6.07, 6.45) is 4.70. The lowest BCUT2D eigenvalue weighted by atomic mass is 10.1. The highest BCUT2D eigenvalue weighted by molar-refractivity contribution is 5.17. The van der Waals surface area contributed by atoms with Crippen LogP contribution < -0.4 is 5.73 Å². The van der Waals surface area contributed by atoms with Gasteiger partial charge in [0.15, 0.2) is 11.5 Å². The molecule has 0 aliphatic heterocycles. The maximum absolute atomic E-state index is 9.35. The molecule has 0 aromatic carbocycles. The van der Waals surface area contributed by atoms with Crippen LogP contribution in [0.1, 0.15) is 26.7 Å². The summed E-state index contributed by atoms with van der Waals surface area (Å²) in [5.41, 5.74) is 5.35. The second-order valence-corrected chi connectivity index (χ2v) is 3.10. The first-order chi connectivity index (χ1) is 6.11. The van der Waals surface area contributed by atoms with E-state index >= 15 is 0 Å². The summed E-state index contributed by atoms with van der Waals surface area (Å²) >= 11 is 0. The summed E-state index contributed by atoms with van der Waals surface area (Å²) in [6.45, 7) is 4.43. The summed E-state index contributed by atoms with van der Waals surface area (Å²) < 4.78 is 0. The molecule has 0 aliphatic carbocycles. The second-order valence-electron chi connectivity index (χ2n) is 3.10. The molecule has 0 heterocycles. The van der Waals surface area contributed by atoms with Crippen LogP contribution in [0.3, 0.4) is 0 Å². The minimum Gasteiger partial charge on any atom is -0.504 e. The first kappa shape index (κ1) is 12.0. The molecule has 3 heteroatoms. The molecule has 0 aromatic heterocycles. The molecule has 0 fully saturated rings. The maximum atomic E-state index is 9.35. The zero-order valence-corrected chi connectivity index (χ0v) is 8.33. The average molecular weight is 185 g/mol. The predicted molar refractivity (Wildman–Crippen MR) is 54.6 cm³/mol. The van der Waals surface area contributed by atoms with Gasteiger partial charge in [-0.25, -0.2) is 0 Å². The Labute approximate surface area is 79.6 Å². The van der Waals surface area contributed by atoms with E-state index in [0.717, 1.165) is 6.42 Å². The second kappa shape index (κ2) is 6.54. The molecular weight excluding hydrogens is 166 g/mol. The molecule has 0 aromatic rings. The maximum Gasteiger partial charge on any atom is 0.153 e. The van der Waals surface area contributed by atoms with Crippen molar-refractivity contribution >= 4 is 0 Å². The smallest absolute Gasteiger partial charge is 0.153 e. The van der Waals surface area contributed by atoms with E-state index < -0.39 is 0 Å². The Bertz CT molecular complexity index is 197. The lowest BCUT2D eigenvalue weighted by Gasteiger charge is -2.05. The lowest BCUT2D eigenvalue weighted by Crippen LogP contribution is -2.04. The summed E-state index contributed by atoms with van der Waals surface area (Å²) in [7, 11) is 0. The highest BCUT2D eigenvalue weighted by Gasteiger charge is 2.02. The van der Waals surface area contributed by atoms with Gasteiger partial charge in [0.2, 0.25) is 0 Å². The van der Waals surface area contributed by atoms with Gasteiger partial charge in [0, 0.05) is 0 Å². The Hall–Kier alpha value is -0.960. The van der Waals surface area contributed by atoms with Crippen LogP contribution >= 0.6 is 0 Å². The van der Waals surface area contributed by atoms with Gasteiger partial charge in [0.05, 0.1) is 0 Å². The molecule has 0 radical (unpaired) electrons. The van der Waals surface area contributed by atoms with Crippen molar-refractivity contribution in [2.75, 3.05) is 6.54 Å². The van der Waals surface area contributed by atoms with E-state index in [0.29, 0.717) is 13.0 Å². The van der Waals surface area contributed by atoms with Crippen LogP contribution in [0.25, 0.3) is 0 Å². The van der Waals surface area contributed by atoms with E-state index in [1.54, 1.807) is 12.2 Å². The standard InChI is InChI=1S/C10H19NO2/c1-3-4-9(12)10(13)7-8(2)5-6-11/h4,7-8,12-13H,3,5-6,11H2,1-2H3/b9-4+,10-7+. The molecule has 0 bridgehead atoms. The summed E-state index contributed by atoms with van der Waals surface area (Å²) in [5.74, 6) is 0.0894. The van der Waals surface area contributed by atoms with Crippen LogP contribution in [0.5, 0.6) is 0 Å². The number of hydrogen-bond donors (Lipinski definition) is 3. The SMILES string of the molecule is CC/C=C(O)\C(O)=C/C(C)CCN. The average Bonchev–Trinajstić information content (AvgIpc) is 2.05. The summed E-state index contributed by atoms with van der Waals surface area (Å²) in [6, 6.07) is 0. The Kier molecular flexibility index (Phi) is 6.06. The Balaban J connectivity index is 4.22. The number of allylic oxidation sites excluding steroid dienone is 2. The molecule has 0 spiro atoms. The molecule has 0 rings (SSSR count). The van der Waals surface area contributed by atoms with Crippen molar-refractivity contribution in [2.24, 2.45) is 11.7 Å². The Morgan fingerprint density at radius 3 is 2.46 bits per heavy atom. The van der Waals surface area contributed by atoms with Crippen LogP contribution in [0.4, 0.5) is 0 Å². The van der Waals surface area contributed by atoms with E-state index in [1.165, 1.54) is 0 Å². The van der Waals surface area contributed by atoms with Crippen molar-refractivity contribution in [1.82, 2.24) is 0 Å². The summed E-state index contributed by atoms with van der Waals surface area (Å²) in [4.78, 5) is 0. The van der Waals surface area contributed by atoms with Crippen molar-refractivity contribution in [2.45, 2.75) is 26.7 Å². The quantitative estimate of drug-likeness (QED) is 0.454. The molecule has 3 nitrogen and oxygen atoms in total. The van der Waals surface area contributed by atoms with Gasteiger partial charge < -0.3 is 15.9 Å². The van der Waals surface area contributed by atoms with Crippen molar-refractivity contribution < 1.29 is 10.2 Å². The van der Waals surface area contributed by atoms with Gasteiger partial charge in [0.25, 0.3) is 0 Å². The normalized spacial score (nSPS) is 15.9.